The molecule has 9 nitrogen and oxygen atoms in total. The maximum Gasteiger partial charge on any atom is 0.421 e. The Kier molecular flexibility index (Phi) is 6.43. The Hall–Kier alpha value is -4.00. The molecule has 0 bridgehead atoms. The summed E-state index contributed by atoms with van der Waals surface area (Å²) in [5, 5.41) is 6.40. The minimum absolute atomic E-state index is 0.0524. The number of aromatic nitrogens is 4. The summed E-state index contributed by atoms with van der Waals surface area (Å²) < 4.78 is 65.7. The third-order valence-electron chi connectivity index (χ3n) is 5.06. The minimum Gasteiger partial charge on any atom is -0.365 e. The van der Waals surface area contributed by atoms with Crippen molar-refractivity contribution in [3.8, 4) is 0 Å². The van der Waals surface area contributed by atoms with E-state index >= 15 is 0 Å². The van der Waals surface area contributed by atoms with Gasteiger partial charge in [-0.15, -0.1) is 0 Å². The number of fused-ring (bicyclic) bond motifs is 1. The molecule has 13 heteroatoms. The molecule has 0 saturated heterocycles. The second kappa shape index (κ2) is 9.33. The van der Waals surface area contributed by atoms with E-state index in [1.54, 1.807) is 42.6 Å². The van der Waals surface area contributed by atoms with Crippen molar-refractivity contribution < 1.29 is 21.6 Å². The average molecular weight is 504 g/mol. The molecule has 2 N–H and O–H groups in total. The van der Waals surface area contributed by atoms with E-state index in [2.05, 4.69) is 30.6 Å². The van der Waals surface area contributed by atoms with Crippen molar-refractivity contribution in [2.24, 2.45) is 0 Å². The number of sulfonamides is 1. The van der Waals surface area contributed by atoms with Crippen LogP contribution in [-0.2, 0) is 22.7 Å². The Morgan fingerprint density at radius 1 is 1.03 bits per heavy atom. The topological polar surface area (TPSA) is 113 Å². The lowest BCUT2D eigenvalue weighted by Gasteiger charge is -2.20. The summed E-state index contributed by atoms with van der Waals surface area (Å²) in [5.41, 5.74) is 0.636. The number of hydrogen-bond acceptors (Lipinski definition) is 8. The number of alkyl halides is 3. The van der Waals surface area contributed by atoms with Crippen molar-refractivity contribution in [3.05, 3.63) is 72.2 Å². The van der Waals surface area contributed by atoms with Gasteiger partial charge in [0.1, 0.15) is 17.2 Å². The highest BCUT2D eigenvalue weighted by atomic mass is 32.2. The van der Waals surface area contributed by atoms with Crippen molar-refractivity contribution >= 4 is 44.2 Å². The Bertz CT molecular complexity index is 1480. The largest absolute Gasteiger partial charge is 0.421 e. The fourth-order valence-electron chi connectivity index (χ4n) is 3.25. The Balaban J connectivity index is 1.63. The Morgan fingerprint density at radius 3 is 2.51 bits per heavy atom. The molecule has 0 aliphatic carbocycles. The summed E-state index contributed by atoms with van der Waals surface area (Å²) in [6, 6.07) is 12.0. The third kappa shape index (κ3) is 5.57. The number of pyridine rings is 2. The number of benzene rings is 1. The lowest BCUT2D eigenvalue weighted by atomic mass is 10.2. The highest BCUT2D eigenvalue weighted by Gasteiger charge is 2.35. The summed E-state index contributed by atoms with van der Waals surface area (Å²) in [6.45, 7) is -0.162. The molecule has 0 atom stereocenters. The van der Waals surface area contributed by atoms with Gasteiger partial charge in [0.2, 0.25) is 16.0 Å². The third-order valence-corrected chi connectivity index (χ3v) is 6.23. The van der Waals surface area contributed by atoms with Crippen molar-refractivity contribution in [2.75, 3.05) is 28.2 Å². The number of halogens is 3. The molecule has 0 radical (unpaired) electrons. The molecule has 35 heavy (non-hydrogen) atoms. The zero-order valence-corrected chi connectivity index (χ0v) is 19.4. The SMILES string of the molecule is CN(c1ncccc1CNc1nc(Nc2ccc3ncccc3c2)ncc1C(F)(F)F)S(C)(=O)=O. The van der Waals surface area contributed by atoms with Crippen molar-refractivity contribution in [1.29, 1.82) is 0 Å². The molecular weight excluding hydrogens is 483 g/mol. The van der Waals surface area contributed by atoms with E-state index in [-0.39, 0.29) is 18.3 Å². The minimum atomic E-state index is -4.71. The van der Waals surface area contributed by atoms with Crippen LogP contribution in [0.25, 0.3) is 10.9 Å². The van der Waals surface area contributed by atoms with Crippen LogP contribution in [0.1, 0.15) is 11.1 Å². The van der Waals surface area contributed by atoms with Crippen LogP contribution in [0.4, 0.5) is 36.4 Å². The van der Waals surface area contributed by atoms with Gasteiger partial charge in [0.15, 0.2) is 0 Å². The zero-order chi connectivity index (χ0) is 25.2. The van der Waals surface area contributed by atoms with E-state index in [0.29, 0.717) is 17.4 Å². The monoisotopic (exact) mass is 503 g/mol. The molecule has 4 aromatic rings. The van der Waals surface area contributed by atoms with E-state index in [1.807, 2.05) is 6.07 Å². The first-order chi connectivity index (χ1) is 16.5. The maximum absolute atomic E-state index is 13.6. The van der Waals surface area contributed by atoms with Crippen LogP contribution >= 0.6 is 0 Å². The molecule has 0 aliphatic rings. The van der Waals surface area contributed by atoms with Crippen LogP contribution in [0, 0.1) is 0 Å². The first-order valence-electron chi connectivity index (χ1n) is 10.2. The van der Waals surface area contributed by atoms with Crippen molar-refractivity contribution in [3.63, 3.8) is 0 Å². The van der Waals surface area contributed by atoms with E-state index in [4.69, 9.17) is 0 Å². The van der Waals surface area contributed by atoms with E-state index in [0.717, 1.165) is 21.5 Å². The predicted octanol–water partition coefficient (Wildman–Crippen LogP) is 4.19. The van der Waals surface area contributed by atoms with Gasteiger partial charge in [-0.3, -0.25) is 9.29 Å². The van der Waals surface area contributed by atoms with E-state index < -0.39 is 27.6 Å². The lowest BCUT2D eigenvalue weighted by Crippen LogP contribution is -2.27. The van der Waals surface area contributed by atoms with Gasteiger partial charge in [-0.05, 0) is 30.3 Å². The first-order valence-corrected chi connectivity index (χ1v) is 12.0. The van der Waals surface area contributed by atoms with Crippen molar-refractivity contribution in [1.82, 2.24) is 19.9 Å². The molecule has 0 amide bonds. The van der Waals surface area contributed by atoms with E-state index in [1.165, 1.54) is 13.2 Å². The molecular formula is C22H20F3N7O2S. The number of nitrogens with zero attached hydrogens (tertiary/aromatic N) is 5. The van der Waals surface area contributed by atoms with Crippen LogP contribution in [0.5, 0.6) is 0 Å². The number of hydrogen-bond donors (Lipinski definition) is 2. The number of nitrogens with one attached hydrogen (secondary N) is 2. The van der Waals surface area contributed by atoms with E-state index in [9.17, 15) is 21.6 Å². The van der Waals surface area contributed by atoms with Crippen molar-refractivity contribution in [2.45, 2.75) is 12.7 Å². The summed E-state index contributed by atoms with van der Waals surface area (Å²) in [4.78, 5) is 16.1. The molecule has 3 aromatic heterocycles. The van der Waals surface area contributed by atoms with Crippen LogP contribution in [0.3, 0.4) is 0 Å². The first kappa shape index (κ1) is 24.1. The summed E-state index contributed by atoms with van der Waals surface area (Å²) in [5.74, 6) is -0.425. The van der Waals surface area contributed by atoms with Crippen LogP contribution < -0.4 is 14.9 Å². The standard InChI is InChI=1S/C22H20F3N7O2S/c1-32(35(2,33)34)20-15(6-4-10-27-20)12-28-19-17(22(23,24)25)13-29-21(31-19)30-16-7-8-18-14(11-16)5-3-9-26-18/h3-11,13H,12H2,1-2H3,(H2,28,29,30,31). The Labute approximate surface area is 199 Å². The second-order valence-corrected chi connectivity index (χ2v) is 9.57. The quantitative estimate of drug-likeness (QED) is 0.386. The molecule has 1 aromatic carbocycles. The number of rotatable bonds is 7. The molecule has 0 aliphatic heterocycles. The normalized spacial score (nSPS) is 11.9. The molecule has 3 heterocycles. The lowest BCUT2D eigenvalue weighted by molar-refractivity contribution is -0.137. The summed E-state index contributed by atoms with van der Waals surface area (Å²) >= 11 is 0. The fourth-order valence-corrected chi connectivity index (χ4v) is 3.73. The summed E-state index contributed by atoms with van der Waals surface area (Å²) in [7, 11) is -2.31. The van der Waals surface area contributed by atoms with Gasteiger partial charge >= 0.3 is 6.18 Å². The highest BCUT2D eigenvalue weighted by Crippen LogP contribution is 2.34. The van der Waals surface area contributed by atoms with Gasteiger partial charge in [-0.2, -0.15) is 18.2 Å². The Morgan fingerprint density at radius 2 is 1.77 bits per heavy atom. The molecule has 0 fully saturated rings. The fraction of sp³-hybridized carbons (Fsp3) is 0.182. The highest BCUT2D eigenvalue weighted by molar-refractivity contribution is 7.92. The molecule has 4 rings (SSSR count). The van der Waals surface area contributed by atoms with Gasteiger partial charge in [-0.1, -0.05) is 12.1 Å². The van der Waals surface area contributed by atoms with Crippen LogP contribution in [-0.4, -0.2) is 41.7 Å². The van der Waals surface area contributed by atoms with Gasteiger partial charge in [0, 0.05) is 48.8 Å². The molecule has 182 valence electrons. The average Bonchev–Trinajstić information content (AvgIpc) is 2.81. The molecule has 0 spiro atoms. The maximum atomic E-state index is 13.6. The second-order valence-electron chi connectivity index (χ2n) is 7.56. The van der Waals surface area contributed by atoms with Gasteiger partial charge in [0.05, 0.1) is 11.8 Å². The predicted molar refractivity (Wildman–Crippen MR) is 127 cm³/mol. The van der Waals surface area contributed by atoms with Crippen LogP contribution in [0.2, 0.25) is 0 Å². The summed E-state index contributed by atoms with van der Waals surface area (Å²) in [6.07, 6.45) is 0.0386. The zero-order valence-electron chi connectivity index (χ0n) is 18.6. The van der Waals surface area contributed by atoms with Gasteiger partial charge in [-0.25, -0.2) is 18.4 Å². The van der Waals surface area contributed by atoms with Gasteiger partial charge < -0.3 is 10.6 Å². The molecule has 0 unspecified atom stereocenters. The van der Waals surface area contributed by atoms with Crippen LogP contribution in [0.15, 0.2) is 61.1 Å². The smallest absolute Gasteiger partial charge is 0.365 e. The van der Waals surface area contributed by atoms with Gasteiger partial charge in [0.25, 0.3) is 0 Å². The number of anilines is 4. The molecule has 0 saturated carbocycles.